The molecular weight excluding hydrogens is 266 g/mol. The molecule has 110 valence electrons. The highest BCUT2D eigenvalue weighted by molar-refractivity contribution is 5.78. The minimum atomic E-state index is 0.309. The highest BCUT2D eigenvalue weighted by atomic mass is 16.5. The summed E-state index contributed by atoms with van der Waals surface area (Å²) in [5, 5.41) is 8.85. The molecule has 1 aromatic rings. The van der Waals surface area contributed by atoms with E-state index in [9.17, 15) is 4.79 Å². The maximum atomic E-state index is 11.6. The van der Waals surface area contributed by atoms with Crippen molar-refractivity contribution < 1.29 is 9.53 Å². The van der Waals surface area contributed by atoms with Crippen LogP contribution in [-0.2, 0) is 4.79 Å². The molecule has 2 aliphatic rings. The Balaban J connectivity index is 1.46. The third kappa shape index (κ3) is 3.17. The molecule has 21 heavy (non-hydrogen) atoms. The summed E-state index contributed by atoms with van der Waals surface area (Å²) < 4.78 is 5.71. The molecule has 0 bridgehead atoms. The van der Waals surface area contributed by atoms with Gasteiger partial charge in [-0.1, -0.05) is 6.07 Å². The first kappa shape index (κ1) is 13.9. The zero-order chi connectivity index (χ0) is 14.7. The van der Waals surface area contributed by atoms with Crippen LogP contribution in [0.5, 0.6) is 5.75 Å². The van der Waals surface area contributed by atoms with Crippen LogP contribution < -0.4 is 4.74 Å². The van der Waals surface area contributed by atoms with Gasteiger partial charge in [0.2, 0.25) is 5.91 Å². The molecule has 1 amide bonds. The lowest BCUT2D eigenvalue weighted by atomic mass is 10.1. The summed E-state index contributed by atoms with van der Waals surface area (Å²) in [4.78, 5) is 16.0. The van der Waals surface area contributed by atoms with Gasteiger partial charge in [-0.25, -0.2) is 0 Å². The molecule has 0 spiro atoms. The minimum Gasteiger partial charge on any atom is -0.492 e. The van der Waals surface area contributed by atoms with E-state index in [2.05, 4.69) is 11.0 Å². The molecule has 0 aromatic heterocycles. The van der Waals surface area contributed by atoms with Gasteiger partial charge < -0.3 is 9.64 Å². The molecule has 2 fully saturated rings. The summed E-state index contributed by atoms with van der Waals surface area (Å²) in [6.45, 7) is 4.18. The number of amides is 1. The van der Waals surface area contributed by atoms with Crippen molar-refractivity contribution in [2.45, 2.75) is 18.9 Å². The van der Waals surface area contributed by atoms with E-state index in [1.165, 1.54) is 0 Å². The Bertz CT molecular complexity index is 567. The summed E-state index contributed by atoms with van der Waals surface area (Å²) in [7, 11) is 0. The molecule has 1 aromatic carbocycles. The van der Waals surface area contributed by atoms with Crippen LogP contribution in [-0.4, -0.2) is 54.5 Å². The first-order valence-electron chi connectivity index (χ1n) is 7.41. The molecular formula is C16H19N3O2. The van der Waals surface area contributed by atoms with Crippen molar-refractivity contribution in [1.82, 2.24) is 9.80 Å². The topological polar surface area (TPSA) is 56.6 Å². The maximum absolute atomic E-state index is 11.6. The van der Waals surface area contributed by atoms with Crippen molar-refractivity contribution >= 4 is 5.91 Å². The number of piperazine rings is 1. The lowest BCUT2D eigenvalue weighted by Gasteiger charge is -2.37. The predicted molar refractivity (Wildman–Crippen MR) is 77.8 cm³/mol. The van der Waals surface area contributed by atoms with Crippen molar-refractivity contribution in [3.8, 4) is 11.8 Å². The molecule has 1 atom stereocenters. The summed E-state index contributed by atoms with van der Waals surface area (Å²) in [6.07, 6.45) is 1.69. The number of hydrogen-bond donors (Lipinski definition) is 0. The van der Waals surface area contributed by atoms with Gasteiger partial charge in [-0.05, 0) is 24.6 Å². The Morgan fingerprint density at radius 2 is 2.29 bits per heavy atom. The lowest BCUT2D eigenvalue weighted by Crippen LogP contribution is -2.52. The largest absolute Gasteiger partial charge is 0.492 e. The molecule has 5 heteroatoms. The average molecular weight is 285 g/mol. The fourth-order valence-electron chi connectivity index (χ4n) is 3.08. The molecule has 0 saturated carbocycles. The number of hydrogen-bond acceptors (Lipinski definition) is 4. The predicted octanol–water partition coefficient (Wildman–Crippen LogP) is 1.24. The Kier molecular flexibility index (Phi) is 4.07. The maximum Gasteiger partial charge on any atom is 0.222 e. The average Bonchev–Trinajstić information content (AvgIpc) is 2.88. The van der Waals surface area contributed by atoms with E-state index < -0.39 is 0 Å². The molecule has 2 heterocycles. The number of nitriles is 1. The van der Waals surface area contributed by atoms with Crippen LogP contribution in [0.3, 0.4) is 0 Å². The van der Waals surface area contributed by atoms with Crippen molar-refractivity contribution in [2.75, 3.05) is 32.8 Å². The third-order valence-corrected chi connectivity index (χ3v) is 4.22. The number of carbonyl (C=O) groups is 1. The first-order chi connectivity index (χ1) is 10.3. The number of fused-ring (bicyclic) bond motifs is 1. The molecule has 2 aliphatic heterocycles. The molecule has 3 rings (SSSR count). The SMILES string of the molecule is N#Cc1cccc(OCCN2CCN3C(=O)CCC3C2)c1. The van der Waals surface area contributed by atoms with E-state index in [0.717, 1.165) is 38.3 Å². The van der Waals surface area contributed by atoms with Gasteiger partial charge in [-0.3, -0.25) is 9.69 Å². The van der Waals surface area contributed by atoms with Crippen LogP contribution in [0.25, 0.3) is 0 Å². The van der Waals surface area contributed by atoms with E-state index in [-0.39, 0.29) is 0 Å². The summed E-state index contributed by atoms with van der Waals surface area (Å²) in [5.41, 5.74) is 0.616. The highest BCUT2D eigenvalue weighted by Crippen LogP contribution is 2.22. The van der Waals surface area contributed by atoms with Crippen LogP contribution in [0.1, 0.15) is 18.4 Å². The van der Waals surface area contributed by atoms with E-state index in [1.54, 1.807) is 12.1 Å². The van der Waals surface area contributed by atoms with Gasteiger partial charge in [0.05, 0.1) is 11.6 Å². The third-order valence-electron chi connectivity index (χ3n) is 4.22. The van der Waals surface area contributed by atoms with Gasteiger partial charge in [0.15, 0.2) is 0 Å². The molecule has 5 nitrogen and oxygen atoms in total. The van der Waals surface area contributed by atoms with Crippen molar-refractivity contribution in [3.05, 3.63) is 29.8 Å². The van der Waals surface area contributed by atoms with Crippen LogP contribution in [0.15, 0.2) is 24.3 Å². The lowest BCUT2D eigenvalue weighted by molar-refractivity contribution is -0.130. The van der Waals surface area contributed by atoms with Gasteiger partial charge in [0.25, 0.3) is 0 Å². The van der Waals surface area contributed by atoms with Crippen molar-refractivity contribution in [1.29, 1.82) is 5.26 Å². The molecule has 1 unspecified atom stereocenters. The van der Waals surface area contributed by atoms with Gasteiger partial charge in [0, 0.05) is 38.6 Å². The van der Waals surface area contributed by atoms with Crippen LogP contribution in [0, 0.1) is 11.3 Å². The van der Waals surface area contributed by atoms with E-state index in [0.29, 0.717) is 30.5 Å². The van der Waals surface area contributed by atoms with Crippen LogP contribution in [0.4, 0.5) is 0 Å². The second-order valence-corrected chi connectivity index (χ2v) is 5.57. The monoisotopic (exact) mass is 285 g/mol. The Hall–Kier alpha value is -2.06. The number of carbonyl (C=O) groups excluding carboxylic acids is 1. The Labute approximate surface area is 124 Å². The van der Waals surface area contributed by atoms with Gasteiger partial charge in [-0.15, -0.1) is 0 Å². The second-order valence-electron chi connectivity index (χ2n) is 5.57. The number of nitrogens with zero attached hydrogens (tertiary/aromatic N) is 3. The van der Waals surface area contributed by atoms with Crippen molar-refractivity contribution in [2.24, 2.45) is 0 Å². The minimum absolute atomic E-state index is 0.309. The van der Waals surface area contributed by atoms with E-state index in [4.69, 9.17) is 10.00 Å². The summed E-state index contributed by atoms with van der Waals surface area (Å²) in [5.74, 6) is 1.05. The van der Waals surface area contributed by atoms with Crippen molar-refractivity contribution in [3.63, 3.8) is 0 Å². The van der Waals surface area contributed by atoms with Gasteiger partial charge in [0.1, 0.15) is 12.4 Å². The smallest absolute Gasteiger partial charge is 0.222 e. The molecule has 2 saturated heterocycles. The highest BCUT2D eigenvalue weighted by Gasteiger charge is 2.35. The standard InChI is InChI=1S/C16H19N3O2/c17-11-13-2-1-3-15(10-13)21-9-8-18-6-7-19-14(12-18)4-5-16(19)20/h1-3,10,14H,4-9,12H2. The number of benzene rings is 1. The molecule has 0 radical (unpaired) electrons. The fourth-order valence-corrected chi connectivity index (χ4v) is 3.08. The zero-order valence-corrected chi connectivity index (χ0v) is 12.0. The Morgan fingerprint density at radius 3 is 3.14 bits per heavy atom. The molecule has 0 aliphatic carbocycles. The number of rotatable bonds is 4. The normalized spacial score (nSPS) is 22.0. The molecule has 0 N–H and O–H groups in total. The zero-order valence-electron chi connectivity index (χ0n) is 12.0. The van der Waals surface area contributed by atoms with Gasteiger partial charge >= 0.3 is 0 Å². The quantitative estimate of drug-likeness (QED) is 0.835. The fraction of sp³-hybridized carbons (Fsp3) is 0.500. The summed E-state index contributed by atoms with van der Waals surface area (Å²) >= 11 is 0. The first-order valence-corrected chi connectivity index (χ1v) is 7.41. The van der Waals surface area contributed by atoms with E-state index in [1.807, 2.05) is 17.0 Å². The van der Waals surface area contributed by atoms with Crippen LogP contribution in [0.2, 0.25) is 0 Å². The summed E-state index contributed by atoms with van der Waals surface area (Å²) in [6, 6.07) is 9.73. The number of ether oxygens (including phenoxy) is 1. The van der Waals surface area contributed by atoms with Crippen LogP contribution >= 0.6 is 0 Å². The Morgan fingerprint density at radius 1 is 1.38 bits per heavy atom. The second kappa shape index (κ2) is 6.15. The van der Waals surface area contributed by atoms with Gasteiger partial charge in [-0.2, -0.15) is 5.26 Å². The van der Waals surface area contributed by atoms with E-state index >= 15 is 0 Å².